The largest absolute Gasteiger partial charge is 0.492 e. The highest BCUT2D eigenvalue weighted by Crippen LogP contribution is 2.42. The molecule has 2 aromatic rings. The van der Waals surface area contributed by atoms with E-state index in [1.54, 1.807) is 18.4 Å². The average Bonchev–Trinajstić information content (AvgIpc) is 2.95. The standard InChI is InChI=1S/C18H26N2O2S/c1-5-6-7-8-12-22-15-11-9-10-14(16(15)21-4)17-13(2)20-18(19-3)23-17/h9-11H,5-8,12H2,1-4H3,(H,19,20). The monoisotopic (exact) mass is 334 g/mol. The summed E-state index contributed by atoms with van der Waals surface area (Å²) < 4.78 is 11.6. The van der Waals surface area contributed by atoms with Gasteiger partial charge in [0.25, 0.3) is 0 Å². The van der Waals surface area contributed by atoms with E-state index in [9.17, 15) is 0 Å². The normalized spacial score (nSPS) is 10.6. The van der Waals surface area contributed by atoms with Crippen molar-refractivity contribution in [3.63, 3.8) is 0 Å². The van der Waals surface area contributed by atoms with Crippen LogP contribution in [0, 0.1) is 6.92 Å². The van der Waals surface area contributed by atoms with Crippen LogP contribution in [0.1, 0.15) is 38.3 Å². The lowest BCUT2D eigenvalue weighted by Crippen LogP contribution is -2.00. The van der Waals surface area contributed by atoms with E-state index in [4.69, 9.17) is 9.47 Å². The summed E-state index contributed by atoms with van der Waals surface area (Å²) >= 11 is 1.63. The van der Waals surface area contributed by atoms with Gasteiger partial charge in [-0.1, -0.05) is 43.6 Å². The number of hydrogen-bond donors (Lipinski definition) is 1. The second-order valence-corrected chi connectivity index (χ2v) is 6.43. The summed E-state index contributed by atoms with van der Waals surface area (Å²) in [6, 6.07) is 6.04. The average molecular weight is 334 g/mol. The summed E-state index contributed by atoms with van der Waals surface area (Å²) in [5.41, 5.74) is 2.04. The third-order valence-corrected chi connectivity index (χ3v) is 4.90. The third-order valence-electron chi connectivity index (χ3n) is 3.69. The summed E-state index contributed by atoms with van der Waals surface area (Å²) in [4.78, 5) is 5.63. The molecule has 0 amide bonds. The van der Waals surface area contributed by atoms with Crippen LogP contribution in [0.2, 0.25) is 0 Å². The van der Waals surface area contributed by atoms with Crippen LogP contribution >= 0.6 is 11.3 Å². The van der Waals surface area contributed by atoms with Gasteiger partial charge in [0.15, 0.2) is 16.6 Å². The number of unbranched alkanes of at least 4 members (excludes halogenated alkanes) is 3. The van der Waals surface area contributed by atoms with Gasteiger partial charge in [-0.3, -0.25) is 0 Å². The van der Waals surface area contributed by atoms with Gasteiger partial charge >= 0.3 is 0 Å². The Morgan fingerprint density at radius 2 is 2.04 bits per heavy atom. The SMILES string of the molecule is CCCCCCOc1cccc(-c2sc(NC)nc2C)c1OC. The van der Waals surface area contributed by atoms with Crippen LogP contribution in [0.4, 0.5) is 5.13 Å². The van der Waals surface area contributed by atoms with Crippen LogP contribution in [0.5, 0.6) is 11.5 Å². The van der Waals surface area contributed by atoms with Crippen molar-refractivity contribution < 1.29 is 9.47 Å². The van der Waals surface area contributed by atoms with Crippen molar-refractivity contribution in [2.75, 3.05) is 26.1 Å². The molecule has 23 heavy (non-hydrogen) atoms. The fourth-order valence-corrected chi connectivity index (χ4v) is 3.43. The van der Waals surface area contributed by atoms with E-state index in [1.807, 2.05) is 26.1 Å². The summed E-state index contributed by atoms with van der Waals surface area (Å²) in [6.45, 7) is 4.96. The minimum Gasteiger partial charge on any atom is -0.492 e. The van der Waals surface area contributed by atoms with Crippen molar-refractivity contribution in [3.8, 4) is 21.9 Å². The van der Waals surface area contributed by atoms with E-state index in [2.05, 4.69) is 23.3 Å². The number of benzene rings is 1. The molecule has 0 radical (unpaired) electrons. The Labute approximate surface area is 142 Å². The Kier molecular flexibility index (Phi) is 6.71. The Morgan fingerprint density at radius 3 is 2.70 bits per heavy atom. The van der Waals surface area contributed by atoms with Gasteiger partial charge in [-0.25, -0.2) is 4.98 Å². The molecule has 0 aliphatic carbocycles. The molecule has 0 unspecified atom stereocenters. The fourth-order valence-electron chi connectivity index (χ4n) is 2.48. The number of thiazole rings is 1. The third kappa shape index (κ3) is 4.38. The number of aromatic nitrogens is 1. The lowest BCUT2D eigenvalue weighted by molar-refractivity contribution is 0.285. The highest BCUT2D eigenvalue weighted by atomic mass is 32.1. The molecule has 0 bridgehead atoms. The number of para-hydroxylation sites is 1. The number of aryl methyl sites for hydroxylation is 1. The Balaban J connectivity index is 2.20. The smallest absolute Gasteiger partial charge is 0.183 e. The molecule has 1 aromatic carbocycles. The van der Waals surface area contributed by atoms with Crippen LogP contribution in [0.25, 0.3) is 10.4 Å². The summed E-state index contributed by atoms with van der Waals surface area (Å²) in [5.74, 6) is 1.60. The molecule has 0 saturated heterocycles. The molecule has 1 heterocycles. The van der Waals surface area contributed by atoms with Gasteiger partial charge in [-0.15, -0.1) is 0 Å². The molecule has 0 spiro atoms. The molecule has 0 aliphatic heterocycles. The zero-order valence-corrected chi connectivity index (χ0v) is 15.3. The molecule has 4 nitrogen and oxygen atoms in total. The van der Waals surface area contributed by atoms with Crippen LogP contribution < -0.4 is 14.8 Å². The Bertz CT molecular complexity index is 625. The van der Waals surface area contributed by atoms with Gasteiger partial charge in [-0.2, -0.15) is 0 Å². The lowest BCUT2D eigenvalue weighted by atomic mass is 10.1. The molecule has 0 aliphatic rings. The van der Waals surface area contributed by atoms with E-state index in [0.29, 0.717) is 0 Å². The van der Waals surface area contributed by atoms with Gasteiger partial charge in [0.1, 0.15) is 0 Å². The van der Waals surface area contributed by atoms with Crippen LogP contribution in [-0.4, -0.2) is 25.7 Å². The first-order chi connectivity index (χ1) is 11.2. The molecule has 126 valence electrons. The second kappa shape index (κ2) is 8.77. The number of ether oxygens (including phenoxy) is 2. The predicted molar refractivity (Wildman–Crippen MR) is 98.0 cm³/mol. The van der Waals surface area contributed by atoms with Gasteiger partial charge in [-0.05, 0) is 25.5 Å². The first-order valence-electron chi connectivity index (χ1n) is 8.16. The van der Waals surface area contributed by atoms with Gasteiger partial charge in [0, 0.05) is 12.6 Å². The number of hydrogen-bond acceptors (Lipinski definition) is 5. The highest BCUT2D eigenvalue weighted by molar-refractivity contribution is 7.19. The first-order valence-corrected chi connectivity index (χ1v) is 8.98. The number of anilines is 1. The maximum Gasteiger partial charge on any atom is 0.183 e. The second-order valence-electron chi connectivity index (χ2n) is 5.43. The van der Waals surface area contributed by atoms with Crippen LogP contribution in [0.3, 0.4) is 0 Å². The molecule has 1 aromatic heterocycles. The molecular formula is C18H26N2O2S. The van der Waals surface area contributed by atoms with Crippen molar-refractivity contribution in [2.45, 2.75) is 39.5 Å². The van der Waals surface area contributed by atoms with Crippen molar-refractivity contribution in [1.82, 2.24) is 4.98 Å². The summed E-state index contributed by atoms with van der Waals surface area (Å²) in [6.07, 6.45) is 4.77. The molecule has 0 atom stereocenters. The predicted octanol–water partition coefficient (Wildman–Crippen LogP) is 5.13. The van der Waals surface area contributed by atoms with Gasteiger partial charge < -0.3 is 14.8 Å². The van der Waals surface area contributed by atoms with E-state index >= 15 is 0 Å². The molecule has 2 rings (SSSR count). The fraction of sp³-hybridized carbons (Fsp3) is 0.500. The molecule has 0 saturated carbocycles. The van der Waals surface area contributed by atoms with E-state index in [0.717, 1.165) is 45.8 Å². The highest BCUT2D eigenvalue weighted by Gasteiger charge is 2.17. The van der Waals surface area contributed by atoms with Crippen molar-refractivity contribution in [1.29, 1.82) is 0 Å². The van der Waals surface area contributed by atoms with E-state index < -0.39 is 0 Å². The van der Waals surface area contributed by atoms with Crippen molar-refractivity contribution in [3.05, 3.63) is 23.9 Å². The minimum atomic E-state index is 0.725. The summed E-state index contributed by atoms with van der Waals surface area (Å²) in [7, 11) is 3.58. The van der Waals surface area contributed by atoms with Gasteiger partial charge in [0.05, 0.1) is 24.3 Å². The number of methoxy groups -OCH3 is 1. The number of nitrogens with one attached hydrogen (secondary N) is 1. The maximum atomic E-state index is 5.95. The maximum absolute atomic E-state index is 5.95. The van der Waals surface area contributed by atoms with Crippen molar-refractivity contribution in [2.24, 2.45) is 0 Å². The van der Waals surface area contributed by atoms with E-state index in [-0.39, 0.29) is 0 Å². The molecule has 1 N–H and O–H groups in total. The molecule has 5 heteroatoms. The van der Waals surface area contributed by atoms with Gasteiger partial charge in [0.2, 0.25) is 0 Å². The topological polar surface area (TPSA) is 43.4 Å². The first kappa shape index (κ1) is 17.6. The minimum absolute atomic E-state index is 0.725. The summed E-state index contributed by atoms with van der Waals surface area (Å²) in [5, 5.41) is 4.01. The molecular weight excluding hydrogens is 308 g/mol. The lowest BCUT2D eigenvalue weighted by Gasteiger charge is -2.14. The van der Waals surface area contributed by atoms with Crippen LogP contribution in [0.15, 0.2) is 18.2 Å². The Morgan fingerprint density at radius 1 is 1.22 bits per heavy atom. The van der Waals surface area contributed by atoms with Crippen LogP contribution in [-0.2, 0) is 0 Å². The van der Waals surface area contributed by atoms with E-state index in [1.165, 1.54) is 19.3 Å². The Hall–Kier alpha value is -1.75. The number of nitrogens with zero attached hydrogens (tertiary/aromatic N) is 1. The zero-order chi connectivity index (χ0) is 16.7. The molecule has 0 fully saturated rings. The quantitative estimate of drug-likeness (QED) is 0.646. The van der Waals surface area contributed by atoms with Crippen molar-refractivity contribution >= 4 is 16.5 Å². The number of rotatable bonds is 9. The zero-order valence-electron chi connectivity index (χ0n) is 14.4.